The molecule has 1 fully saturated rings. The van der Waals surface area contributed by atoms with Gasteiger partial charge in [0.05, 0.1) is 12.6 Å². The topological polar surface area (TPSA) is 111 Å². The monoisotopic (exact) mass is 497 g/mol. The average molecular weight is 498 g/mol. The van der Waals surface area contributed by atoms with Gasteiger partial charge in [-0.1, -0.05) is 31.0 Å². The molecule has 0 saturated carbocycles. The highest BCUT2D eigenvalue weighted by Crippen LogP contribution is 2.26. The van der Waals surface area contributed by atoms with Crippen LogP contribution < -0.4 is 15.2 Å². The lowest BCUT2D eigenvalue weighted by Gasteiger charge is -2.40. The van der Waals surface area contributed by atoms with Crippen molar-refractivity contribution in [3.63, 3.8) is 0 Å². The number of hydrogen-bond donors (Lipinski definition) is 1. The van der Waals surface area contributed by atoms with Crippen molar-refractivity contribution < 1.29 is 19.1 Å². The summed E-state index contributed by atoms with van der Waals surface area (Å²) in [6, 6.07) is 10.1. The van der Waals surface area contributed by atoms with E-state index in [9.17, 15) is 9.59 Å². The van der Waals surface area contributed by atoms with Crippen LogP contribution in [0.4, 0.5) is 5.82 Å². The van der Waals surface area contributed by atoms with Gasteiger partial charge in [0.15, 0.2) is 6.61 Å². The van der Waals surface area contributed by atoms with Gasteiger partial charge in [-0.05, 0) is 36.2 Å². The van der Waals surface area contributed by atoms with Gasteiger partial charge in [-0.25, -0.2) is 9.97 Å². The molecule has 0 radical (unpaired) electrons. The van der Waals surface area contributed by atoms with E-state index in [2.05, 4.69) is 9.97 Å². The van der Waals surface area contributed by atoms with Gasteiger partial charge in [-0.3, -0.25) is 9.59 Å². The van der Waals surface area contributed by atoms with Crippen molar-refractivity contribution in [3.05, 3.63) is 53.3 Å². The van der Waals surface area contributed by atoms with Gasteiger partial charge in [0, 0.05) is 36.1 Å². The quantitative estimate of drug-likeness (QED) is 0.508. The molecule has 1 unspecified atom stereocenters. The van der Waals surface area contributed by atoms with Crippen LogP contribution in [0.15, 0.2) is 42.7 Å². The van der Waals surface area contributed by atoms with Gasteiger partial charge in [0.1, 0.15) is 29.7 Å². The molecular formula is C25H28ClN5O4. The number of nitrogen functional groups attached to an aromatic ring is 1. The number of hydrogen-bond acceptors (Lipinski definition) is 7. The summed E-state index contributed by atoms with van der Waals surface area (Å²) in [7, 11) is 1.53. The second kappa shape index (κ2) is 10.8. The van der Waals surface area contributed by atoms with Gasteiger partial charge in [-0.2, -0.15) is 0 Å². The third-order valence-corrected chi connectivity index (χ3v) is 6.23. The third kappa shape index (κ3) is 5.57. The van der Waals surface area contributed by atoms with Crippen LogP contribution in [0, 0.1) is 0 Å². The molecule has 1 aliphatic rings. The molecule has 2 heterocycles. The molecule has 3 aromatic rings. The summed E-state index contributed by atoms with van der Waals surface area (Å²) in [5.41, 5.74) is 7.59. The van der Waals surface area contributed by atoms with Crippen LogP contribution in [0.3, 0.4) is 0 Å². The summed E-state index contributed by atoms with van der Waals surface area (Å²) >= 11 is 6.08. The van der Waals surface area contributed by atoms with Crippen LogP contribution >= 0.6 is 11.6 Å². The number of halogens is 1. The summed E-state index contributed by atoms with van der Waals surface area (Å²) in [6.45, 7) is 3.10. The van der Waals surface area contributed by atoms with E-state index in [1.54, 1.807) is 28.0 Å². The Hall–Kier alpha value is -3.59. The van der Waals surface area contributed by atoms with E-state index in [1.165, 1.54) is 13.4 Å². The molecule has 0 bridgehead atoms. The molecular weight excluding hydrogens is 470 g/mol. The minimum atomic E-state index is -0.530. The second-order valence-corrected chi connectivity index (χ2v) is 8.81. The van der Waals surface area contributed by atoms with E-state index in [4.69, 9.17) is 26.8 Å². The van der Waals surface area contributed by atoms with Crippen molar-refractivity contribution in [3.8, 4) is 11.5 Å². The number of carbonyl (C=O) groups is 2. The number of carbonyl (C=O) groups excluding carboxylic acids is 2. The van der Waals surface area contributed by atoms with Crippen molar-refractivity contribution in [2.45, 2.75) is 32.4 Å². The molecule has 35 heavy (non-hydrogen) atoms. The van der Waals surface area contributed by atoms with E-state index >= 15 is 0 Å². The first-order valence-electron chi connectivity index (χ1n) is 11.4. The maximum Gasteiger partial charge on any atom is 0.261 e. The highest BCUT2D eigenvalue weighted by Gasteiger charge is 2.36. The number of methoxy groups -OCH3 is 1. The van der Waals surface area contributed by atoms with Gasteiger partial charge in [0.25, 0.3) is 5.91 Å². The van der Waals surface area contributed by atoms with Crippen molar-refractivity contribution in [2.24, 2.45) is 0 Å². The lowest BCUT2D eigenvalue weighted by atomic mass is 10.0. The zero-order valence-corrected chi connectivity index (χ0v) is 20.5. The number of rotatable bonds is 8. The summed E-state index contributed by atoms with van der Waals surface area (Å²) in [6.07, 6.45) is 2.77. The molecule has 9 nitrogen and oxygen atoms in total. The van der Waals surface area contributed by atoms with Crippen LogP contribution in [-0.2, 0) is 16.1 Å². The van der Waals surface area contributed by atoms with E-state index in [-0.39, 0.29) is 18.4 Å². The number of anilines is 1. The molecule has 1 aliphatic heterocycles. The Kier molecular flexibility index (Phi) is 7.55. The SMILES string of the molecule is CCCC1C(=O)N(Cc2ccc3c(N)ncnc3c2)CCN1C(=O)COc1cc(Cl)cc(OC)c1. The molecule has 4 rings (SSSR count). The first-order chi connectivity index (χ1) is 16.9. The highest BCUT2D eigenvalue weighted by molar-refractivity contribution is 6.30. The molecule has 1 aromatic heterocycles. The molecule has 0 spiro atoms. The number of nitrogens with two attached hydrogens (primary N) is 1. The number of fused-ring (bicyclic) bond motifs is 1. The lowest BCUT2D eigenvalue weighted by molar-refractivity contribution is -0.153. The number of ether oxygens (including phenoxy) is 2. The van der Waals surface area contributed by atoms with Crippen LogP contribution in [0.25, 0.3) is 10.9 Å². The van der Waals surface area contributed by atoms with Crippen LogP contribution in [-0.4, -0.2) is 64.4 Å². The molecule has 2 N–H and O–H groups in total. The smallest absolute Gasteiger partial charge is 0.261 e. The molecule has 2 aromatic carbocycles. The van der Waals surface area contributed by atoms with E-state index in [0.717, 1.165) is 22.9 Å². The molecule has 1 saturated heterocycles. The maximum absolute atomic E-state index is 13.4. The highest BCUT2D eigenvalue weighted by atomic mass is 35.5. The van der Waals surface area contributed by atoms with E-state index < -0.39 is 6.04 Å². The largest absolute Gasteiger partial charge is 0.497 e. The molecule has 0 aliphatic carbocycles. The number of nitrogens with zero attached hydrogens (tertiary/aromatic N) is 4. The van der Waals surface area contributed by atoms with Crippen LogP contribution in [0.2, 0.25) is 5.02 Å². The van der Waals surface area contributed by atoms with Gasteiger partial charge < -0.3 is 25.0 Å². The maximum atomic E-state index is 13.4. The van der Waals surface area contributed by atoms with Gasteiger partial charge in [0.2, 0.25) is 5.91 Å². The number of piperazine rings is 1. The summed E-state index contributed by atoms with van der Waals surface area (Å²) in [5, 5.41) is 1.22. The molecule has 2 amide bonds. The fourth-order valence-corrected chi connectivity index (χ4v) is 4.47. The predicted molar refractivity (Wildman–Crippen MR) is 133 cm³/mol. The fourth-order valence-electron chi connectivity index (χ4n) is 4.26. The van der Waals surface area contributed by atoms with E-state index in [0.29, 0.717) is 48.4 Å². The molecule has 1 atom stereocenters. The summed E-state index contributed by atoms with van der Waals surface area (Å²) in [4.78, 5) is 38.1. The van der Waals surface area contributed by atoms with Crippen LogP contribution in [0.1, 0.15) is 25.3 Å². The van der Waals surface area contributed by atoms with Crippen molar-refractivity contribution >= 4 is 40.1 Å². The Labute approximate surface area is 208 Å². The zero-order valence-electron chi connectivity index (χ0n) is 19.7. The lowest BCUT2D eigenvalue weighted by Crippen LogP contribution is -2.59. The average Bonchev–Trinajstić information content (AvgIpc) is 2.85. The van der Waals surface area contributed by atoms with Gasteiger partial charge >= 0.3 is 0 Å². The molecule has 10 heteroatoms. The normalized spacial score (nSPS) is 16.0. The van der Waals surface area contributed by atoms with Crippen molar-refractivity contribution in [2.75, 3.05) is 32.5 Å². The Morgan fingerprint density at radius 2 is 1.97 bits per heavy atom. The fraction of sp³-hybridized carbons (Fsp3) is 0.360. The standard InChI is InChI=1S/C25H28ClN5O4/c1-3-4-22-25(33)30(13-16-5-6-20-21(9-16)28-15-29-24(20)27)7-8-31(22)23(32)14-35-19-11-17(26)10-18(12-19)34-2/h5-6,9-12,15,22H,3-4,7-8,13-14H2,1-2H3,(H2,27,28,29). The summed E-state index contributed by atoms with van der Waals surface area (Å²) in [5.74, 6) is 1.08. The minimum absolute atomic E-state index is 0.0711. The summed E-state index contributed by atoms with van der Waals surface area (Å²) < 4.78 is 10.9. The Bertz CT molecular complexity index is 1240. The number of aromatic nitrogens is 2. The van der Waals surface area contributed by atoms with Gasteiger partial charge in [-0.15, -0.1) is 0 Å². The number of benzene rings is 2. The van der Waals surface area contributed by atoms with Crippen molar-refractivity contribution in [1.29, 1.82) is 0 Å². The predicted octanol–water partition coefficient (Wildman–Crippen LogP) is 3.29. The van der Waals surface area contributed by atoms with Crippen LogP contribution in [0.5, 0.6) is 11.5 Å². The first-order valence-corrected chi connectivity index (χ1v) is 11.8. The zero-order chi connectivity index (χ0) is 24.9. The first kappa shape index (κ1) is 24.5. The van der Waals surface area contributed by atoms with Crippen molar-refractivity contribution in [1.82, 2.24) is 19.8 Å². The number of amides is 2. The second-order valence-electron chi connectivity index (χ2n) is 8.38. The third-order valence-electron chi connectivity index (χ3n) is 6.01. The molecule has 184 valence electrons. The Morgan fingerprint density at radius 1 is 1.17 bits per heavy atom. The van der Waals surface area contributed by atoms with E-state index in [1.807, 2.05) is 25.1 Å². The Balaban J connectivity index is 1.44. The Morgan fingerprint density at radius 3 is 2.74 bits per heavy atom. The minimum Gasteiger partial charge on any atom is -0.497 e.